The van der Waals surface area contributed by atoms with Crippen LogP contribution in [0, 0.1) is 7.43 Å². The largest absolute Gasteiger partial charge is 0.445 e. The van der Waals surface area contributed by atoms with Crippen LogP contribution in [0.25, 0.3) is 0 Å². The number of primary amides is 1. The van der Waals surface area contributed by atoms with Crippen LogP contribution in [0.3, 0.4) is 0 Å². The highest BCUT2D eigenvalue weighted by molar-refractivity contribution is 5.64. The number of ether oxygens (including phenoxy) is 1. The lowest BCUT2D eigenvalue weighted by molar-refractivity contribution is 0.169. The van der Waals surface area contributed by atoms with E-state index in [0.717, 1.165) is 0 Å². The first kappa shape index (κ1) is 10.1. The molecule has 0 aliphatic heterocycles. The van der Waals surface area contributed by atoms with E-state index in [1.807, 2.05) is 0 Å². The van der Waals surface area contributed by atoms with Crippen LogP contribution in [0.4, 0.5) is 4.79 Å². The third kappa shape index (κ3) is 8.89. The molecule has 0 spiro atoms. The molecule has 0 heterocycles. The molecule has 0 aliphatic carbocycles. The average molecular weight is 113 g/mol. The lowest BCUT2D eigenvalue weighted by Gasteiger charge is -1.90. The van der Waals surface area contributed by atoms with E-state index >= 15 is 0 Å². The summed E-state index contributed by atoms with van der Waals surface area (Å²) in [5, 5.41) is 0. The van der Waals surface area contributed by atoms with Crippen molar-refractivity contribution < 1.29 is 9.53 Å². The summed E-state index contributed by atoms with van der Waals surface area (Å²) < 4.78 is 4.21. The summed E-state index contributed by atoms with van der Waals surface area (Å²) in [5.74, 6) is 0. The Hall–Kier alpha value is -0.990. The molecular weight excluding hydrogens is 106 g/mol. The summed E-state index contributed by atoms with van der Waals surface area (Å²) >= 11 is 0. The highest BCUT2D eigenvalue weighted by atomic mass is 16.5. The van der Waals surface area contributed by atoms with E-state index in [2.05, 4.69) is 17.0 Å². The van der Waals surface area contributed by atoms with E-state index in [0.29, 0.717) is 0 Å². The van der Waals surface area contributed by atoms with Gasteiger partial charge in [-0.05, 0) is 0 Å². The third-order valence-electron chi connectivity index (χ3n) is 0.343. The fraction of sp³-hybridized carbons (Fsp3) is 0.200. The smallest absolute Gasteiger partial charge is 0.404 e. The summed E-state index contributed by atoms with van der Waals surface area (Å²) in [6, 6.07) is 0. The van der Waals surface area contributed by atoms with Crippen LogP contribution in [0.2, 0.25) is 0 Å². The van der Waals surface area contributed by atoms with Crippen molar-refractivity contribution >= 4 is 6.09 Å². The molecule has 8 heavy (non-hydrogen) atoms. The van der Waals surface area contributed by atoms with Crippen LogP contribution in [-0.2, 0) is 4.74 Å². The molecule has 0 bridgehead atoms. The van der Waals surface area contributed by atoms with Gasteiger partial charge in [-0.3, -0.25) is 0 Å². The SMILES string of the molecule is C=CCOC(N)=O.[C]. The standard InChI is InChI=1S/C4H7NO2.C/c1-2-3-7-4(5)6;/h2H,1,3H2,(H2,5,6);. The lowest BCUT2D eigenvalue weighted by atomic mass is 10.7. The van der Waals surface area contributed by atoms with Crippen molar-refractivity contribution in [1.29, 1.82) is 0 Å². The van der Waals surface area contributed by atoms with Crippen molar-refractivity contribution in [3.63, 3.8) is 0 Å². The Balaban J connectivity index is 0. The first-order valence-electron chi connectivity index (χ1n) is 1.80. The van der Waals surface area contributed by atoms with Crippen LogP contribution in [-0.4, -0.2) is 12.7 Å². The molecule has 0 unspecified atom stereocenters. The first-order valence-corrected chi connectivity index (χ1v) is 1.80. The second kappa shape index (κ2) is 6.01. The van der Waals surface area contributed by atoms with E-state index < -0.39 is 6.09 Å². The Kier molecular flexibility index (Phi) is 7.58. The minimum Gasteiger partial charge on any atom is -0.445 e. The molecule has 2 N–H and O–H groups in total. The Morgan fingerprint density at radius 3 is 2.50 bits per heavy atom. The predicted molar refractivity (Wildman–Crippen MR) is 29.0 cm³/mol. The average Bonchev–Trinajstić information content (AvgIpc) is 1.61. The fourth-order valence-electron chi connectivity index (χ4n) is 0.141. The van der Waals surface area contributed by atoms with Gasteiger partial charge in [-0.25, -0.2) is 4.79 Å². The van der Waals surface area contributed by atoms with E-state index in [9.17, 15) is 4.79 Å². The molecule has 0 saturated heterocycles. The number of carbonyl (C=O) groups is 1. The molecule has 0 fully saturated rings. The van der Waals surface area contributed by atoms with Gasteiger partial charge in [0, 0.05) is 7.43 Å². The van der Waals surface area contributed by atoms with Crippen molar-refractivity contribution in [3.8, 4) is 0 Å². The van der Waals surface area contributed by atoms with Gasteiger partial charge in [0.15, 0.2) is 0 Å². The Labute approximate surface area is 49.1 Å². The van der Waals surface area contributed by atoms with Gasteiger partial charge in [0.1, 0.15) is 6.61 Å². The zero-order valence-electron chi connectivity index (χ0n) is 4.39. The van der Waals surface area contributed by atoms with E-state index in [-0.39, 0.29) is 14.0 Å². The van der Waals surface area contributed by atoms with Crippen molar-refractivity contribution in [2.75, 3.05) is 6.61 Å². The van der Waals surface area contributed by atoms with Crippen LogP contribution in [0.15, 0.2) is 12.7 Å². The summed E-state index contributed by atoms with van der Waals surface area (Å²) in [7, 11) is 0. The first-order chi connectivity index (χ1) is 3.27. The van der Waals surface area contributed by atoms with Crippen molar-refractivity contribution in [2.45, 2.75) is 0 Å². The van der Waals surface area contributed by atoms with Gasteiger partial charge in [0.25, 0.3) is 0 Å². The van der Waals surface area contributed by atoms with Gasteiger partial charge in [-0.1, -0.05) is 12.7 Å². The maximum Gasteiger partial charge on any atom is 0.404 e. The zero-order valence-corrected chi connectivity index (χ0v) is 4.39. The Morgan fingerprint density at radius 2 is 2.38 bits per heavy atom. The maximum absolute atomic E-state index is 9.71. The molecular formula is C5H7NO2. The highest BCUT2D eigenvalue weighted by Gasteiger charge is 1.84. The normalized spacial score (nSPS) is 6.50. The van der Waals surface area contributed by atoms with Crippen molar-refractivity contribution in [1.82, 2.24) is 0 Å². The van der Waals surface area contributed by atoms with Gasteiger partial charge in [-0.2, -0.15) is 0 Å². The molecule has 0 atom stereocenters. The maximum atomic E-state index is 9.71. The highest BCUT2D eigenvalue weighted by Crippen LogP contribution is 1.70. The van der Waals surface area contributed by atoms with Crippen molar-refractivity contribution in [2.24, 2.45) is 5.73 Å². The minimum absolute atomic E-state index is 0. The summed E-state index contributed by atoms with van der Waals surface area (Å²) in [6.07, 6.45) is 0.685. The second-order valence-electron chi connectivity index (χ2n) is 0.919. The molecule has 44 valence electrons. The molecule has 0 rings (SSSR count). The number of rotatable bonds is 2. The van der Waals surface area contributed by atoms with Gasteiger partial charge in [0.2, 0.25) is 0 Å². The number of hydrogen-bond acceptors (Lipinski definition) is 2. The molecule has 0 aromatic carbocycles. The molecule has 4 radical (unpaired) electrons. The third-order valence-corrected chi connectivity index (χ3v) is 0.343. The van der Waals surface area contributed by atoms with E-state index in [4.69, 9.17) is 0 Å². The number of amides is 1. The van der Waals surface area contributed by atoms with Gasteiger partial charge < -0.3 is 10.5 Å². The van der Waals surface area contributed by atoms with E-state index in [1.165, 1.54) is 6.08 Å². The second-order valence-corrected chi connectivity index (χ2v) is 0.919. The monoisotopic (exact) mass is 113 g/mol. The number of nitrogens with two attached hydrogens (primary N) is 1. The number of carbonyl (C=O) groups excluding carboxylic acids is 1. The van der Waals surface area contributed by atoms with E-state index in [1.54, 1.807) is 0 Å². The molecule has 3 nitrogen and oxygen atoms in total. The summed E-state index contributed by atoms with van der Waals surface area (Å²) in [5.41, 5.74) is 4.57. The molecule has 0 saturated carbocycles. The summed E-state index contributed by atoms with van der Waals surface area (Å²) in [6.45, 7) is 3.49. The molecule has 3 heteroatoms. The topological polar surface area (TPSA) is 52.3 Å². The molecule has 0 aliphatic rings. The minimum atomic E-state index is -0.764. The van der Waals surface area contributed by atoms with Gasteiger partial charge in [-0.15, -0.1) is 0 Å². The van der Waals surface area contributed by atoms with Crippen molar-refractivity contribution in [3.05, 3.63) is 20.1 Å². The predicted octanol–water partition coefficient (Wildman–Crippen LogP) is 0.349. The van der Waals surface area contributed by atoms with Gasteiger partial charge >= 0.3 is 6.09 Å². The quantitative estimate of drug-likeness (QED) is 0.525. The lowest BCUT2D eigenvalue weighted by Crippen LogP contribution is -2.12. The van der Waals surface area contributed by atoms with Crippen LogP contribution in [0.5, 0.6) is 0 Å². The number of hydrogen-bond donors (Lipinski definition) is 1. The Bertz CT molecular complexity index is 80.5. The molecule has 1 amide bonds. The van der Waals surface area contributed by atoms with Gasteiger partial charge in [0.05, 0.1) is 0 Å². The molecule has 0 aromatic rings. The Morgan fingerprint density at radius 1 is 1.88 bits per heavy atom. The van der Waals surface area contributed by atoms with Crippen LogP contribution in [0.1, 0.15) is 0 Å². The van der Waals surface area contributed by atoms with Crippen LogP contribution < -0.4 is 5.73 Å². The fourth-order valence-corrected chi connectivity index (χ4v) is 0.141. The molecule has 0 aromatic heterocycles. The zero-order chi connectivity index (χ0) is 5.70. The van der Waals surface area contributed by atoms with Crippen LogP contribution >= 0.6 is 0 Å². The summed E-state index contributed by atoms with van der Waals surface area (Å²) in [4.78, 5) is 9.71.